The van der Waals surface area contributed by atoms with Crippen molar-refractivity contribution in [3.8, 4) is 0 Å². The number of furan rings is 1. The van der Waals surface area contributed by atoms with Gasteiger partial charge in [0, 0.05) is 23.8 Å². The zero-order valence-electron chi connectivity index (χ0n) is 14.1. The summed E-state index contributed by atoms with van der Waals surface area (Å²) in [5.74, 6) is 0.938. The third-order valence-electron chi connectivity index (χ3n) is 3.01. The number of benzene rings is 1. The van der Waals surface area contributed by atoms with Crippen molar-refractivity contribution in [2.24, 2.45) is 0 Å². The predicted molar refractivity (Wildman–Crippen MR) is 91.8 cm³/mol. The number of nitrogens with one attached hydrogen (secondary N) is 2. The van der Waals surface area contributed by atoms with Gasteiger partial charge in [-0.1, -0.05) is 6.07 Å². The number of amides is 1. The average Bonchev–Trinajstić information content (AvgIpc) is 2.89. The smallest absolute Gasteiger partial charge is 0.412 e. The number of anilines is 2. The molecule has 1 aromatic heterocycles. The van der Waals surface area contributed by atoms with Crippen molar-refractivity contribution in [1.29, 1.82) is 0 Å². The van der Waals surface area contributed by atoms with Crippen LogP contribution in [-0.4, -0.2) is 17.7 Å². The van der Waals surface area contributed by atoms with Gasteiger partial charge in [-0.05, 0) is 58.0 Å². The molecule has 0 spiro atoms. The van der Waals surface area contributed by atoms with Crippen LogP contribution in [0.15, 0.2) is 47.1 Å². The summed E-state index contributed by atoms with van der Waals surface area (Å²) in [6, 6.07) is 11.6. The maximum absolute atomic E-state index is 11.8. The fourth-order valence-electron chi connectivity index (χ4n) is 2.17. The van der Waals surface area contributed by atoms with Crippen LogP contribution in [0.2, 0.25) is 0 Å². The topological polar surface area (TPSA) is 63.5 Å². The van der Waals surface area contributed by atoms with Crippen molar-refractivity contribution in [1.82, 2.24) is 0 Å². The van der Waals surface area contributed by atoms with E-state index in [1.165, 1.54) is 0 Å². The first-order valence-electron chi connectivity index (χ1n) is 7.71. The highest BCUT2D eigenvalue weighted by Gasteiger charge is 2.16. The van der Waals surface area contributed by atoms with Gasteiger partial charge in [0.05, 0.1) is 6.26 Å². The lowest BCUT2D eigenvalue weighted by atomic mass is 10.2. The fourth-order valence-corrected chi connectivity index (χ4v) is 2.17. The first kappa shape index (κ1) is 16.9. The number of hydrogen-bond donors (Lipinski definition) is 2. The lowest BCUT2D eigenvalue weighted by Gasteiger charge is -2.20. The lowest BCUT2D eigenvalue weighted by Crippen LogP contribution is -2.27. The van der Waals surface area contributed by atoms with Crippen molar-refractivity contribution in [2.75, 3.05) is 10.6 Å². The molecule has 124 valence electrons. The molecular weight excluding hydrogens is 292 g/mol. The van der Waals surface area contributed by atoms with Crippen LogP contribution >= 0.6 is 0 Å². The quantitative estimate of drug-likeness (QED) is 0.841. The molecule has 23 heavy (non-hydrogen) atoms. The highest BCUT2D eigenvalue weighted by Crippen LogP contribution is 2.18. The van der Waals surface area contributed by atoms with E-state index in [2.05, 4.69) is 17.6 Å². The zero-order chi connectivity index (χ0) is 16.9. The summed E-state index contributed by atoms with van der Waals surface area (Å²) in [5.41, 5.74) is 1.10. The number of carbonyl (C=O) groups excluding carboxylic acids is 1. The monoisotopic (exact) mass is 316 g/mol. The molecule has 0 aliphatic rings. The minimum absolute atomic E-state index is 0.206. The largest absolute Gasteiger partial charge is 0.469 e. The van der Waals surface area contributed by atoms with E-state index in [9.17, 15) is 4.79 Å². The van der Waals surface area contributed by atoms with Crippen LogP contribution in [0, 0.1) is 0 Å². The Hall–Kier alpha value is -2.43. The summed E-state index contributed by atoms with van der Waals surface area (Å²) in [5, 5.41) is 6.13. The highest BCUT2D eigenvalue weighted by molar-refractivity contribution is 5.85. The van der Waals surface area contributed by atoms with Crippen LogP contribution in [0.25, 0.3) is 0 Å². The summed E-state index contributed by atoms with van der Waals surface area (Å²) in [6.07, 6.45) is 2.00. The number of ether oxygens (including phenoxy) is 1. The van der Waals surface area contributed by atoms with Gasteiger partial charge in [-0.25, -0.2) is 4.79 Å². The predicted octanol–water partition coefficient (Wildman–Crippen LogP) is 4.67. The van der Waals surface area contributed by atoms with Crippen molar-refractivity contribution >= 4 is 17.5 Å². The molecule has 1 atom stereocenters. The van der Waals surface area contributed by atoms with Crippen LogP contribution in [0.5, 0.6) is 0 Å². The molecule has 2 rings (SSSR count). The third-order valence-corrected chi connectivity index (χ3v) is 3.01. The summed E-state index contributed by atoms with van der Waals surface area (Å²) >= 11 is 0. The molecule has 0 aliphatic carbocycles. The van der Waals surface area contributed by atoms with Crippen LogP contribution in [0.1, 0.15) is 33.5 Å². The molecule has 0 bridgehead atoms. The molecule has 0 saturated carbocycles. The van der Waals surface area contributed by atoms with E-state index in [1.54, 1.807) is 6.26 Å². The van der Waals surface area contributed by atoms with Gasteiger partial charge in [0.2, 0.25) is 0 Å². The van der Waals surface area contributed by atoms with Crippen molar-refractivity contribution < 1.29 is 13.9 Å². The van der Waals surface area contributed by atoms with Gasteiger partial charge in [-0.3, -0.25) is 5.32 Å². The Labute approximate surface area is 137 Å². The average molecular weight is 316 g/mol. The molecular formula is C18H24N2O3. The number of rotatable bonds is 5. The Morgan fingerprint density at radius 1 is 1.22 bits per heavy atom. The molecule has 2 N–H and O–H groups in total. The Morgan fingerprint density at radius 2 is 1.96 bits per heavy atom. The van der Waals surface area contributed by atoms with Gasteiger partial charge < -0.3 is 14.5 Å². The molecule has 0 radical (unpaired) electrons. The Balaban J connectivity index is 1.92. The van der Waals surface area contributed by atoms with E-state index in [1.807, 2.05) is 57.2 Å². The maximum atomic E-state index is 11.8. The molecule has 2 aromatic rings. The van der Waals surface area contributed by atoms with Gasteiger partial charge in [-0.2, -0.15) is 0 Å². The SMILES string of the molecule is CC(Cc1ccco1)Nc1cccc(NC(=O)OC(C)(C)C)c1. The first-order chi connectivity index (χ1) is 10.8. The van der Waals surface area contributed by atoms with E-state index < -0.39 is 11.7 Å². The van der Waals surface area contributed by atoms with Gasteiger partial charge >= 0.3 is 6.09 Å². The van der Waals surface area contributed by atoms with Gasteiger partial charge in [0.1, 0.15) is 11.4 Å². The van der Waals surface area contributed by atoms with Crippen molar-refractivity contribution in [3.63, 3.8) is 0 Å². The van der Waals surface area contributed by atoms with Crippen LogP contribution in [0.3, 0.4) is 0 Å². The Bertz CT molecular complexity index is 630. The fraction of sp³-hybridized carbons (Fsp3) is 0.389. The second kappa shape index (κ2) is 7.22. The van der Waals surface area contributed by atoms with Gasteiger partial charge in [0.15, 0.2) is 0 Å². The molecule has 1 aromatic carbocycles. The molecule has 5 nitrogen and oxygen atoms in total. The minimum atomic E-state index is -0.516. The van der Waals surface area contributed by atoms with E-state index in [0.29, 0.717) is 5.69 Å². The van der Waals surface area contributed by atoms with Crippen LogP contribution in [-0.2, 0) is 11.2 Å². The second-order valence-corrected chi connectivity index (χ2v) is 6.54. The number of carbonyl (C=O) groups is 1. The molecule has 1 heterocycles. The standard InChI is InChI=1S/C18H24N2O3/c1-13(11-16-9-6-10-22-16)19-14-7-5-8-15(12-14)20-17(21)23-18(2,3)4/h5-10,12-13,19H,11H2,1-4H3,(H,20,21). The summed E-state index contributed by atoms with van der Waals surface area (Å²) < 4.78 is 10.6. The molecule has 0 aliphatic heterocycles. The van der Waals surface area contributed by atoms with Crippen molar-refractivity contribution in [3.05, 3.63) is 48.4 Å². The molecule has 0 saturated heterocycles. The van der Waals surface area contributed by atoms with E-state index in [4.69, 9.17) is 9.15 Å². The first-order valence-corrected chi connectivity index (χ1v) is 7.71. The van der Waals surface area contributed by atoms with E-state index >= 15 is 0 Å². The summed E-state index contributed by atoms with van der Waals surface area (Å²) in [4.78, 5) is 11.8. The number of hydrogen-bond acceptors (Lipinski definition) is 4. The molecule has 0 fully saturated rings. The van der Waals surface area contributed by atoms with Crippen LogP contribution in [0.4, 0.5) is 16.2 Å². The molecule has 1 amide bonds. The van der Waals surface area contributed by atoms with Crippen molar-refractivity contribution in [2.45, 2.75) is 45.8 Å². The zero-order valence-corrected chi connectivity index (χ0v) is 14.1. The minimum Gasteiger partial charge on any atom is -0.469 e. The van der Waals surface area contributed by atoms with Crippen LogP contribution < -0.4 is 10.6 Å². The Kier molecular flexibility index (Phi) is 5.32. The van der Waals surface area contributed by atoms with E-state index in [0.717, 1.165) is 17.9 Å². The summed E-state index contributed by atoms with van der Waals surface area (Å²) in [7, 11) is 0. The van der Waals surface area contributed by atoms with Gasteiger partial charge in [0.25, 0.3) is 0 Å². The highest BCUT2D eigenvalue weighted by atomic mass is 16.6. The molecule has 5 heteroatoms. The normalized spacial score (nSPS) is 12.5. The lowest BCUT2D eigenvalue weighted by molar-refractivity contribution is 0.0636. The summed E-state index contributed by atoms with van der Waals surface area (Å²) in [6.45, 7) is 7.58. The maximum Gasteiger partial charge on any atom is 0.412 e. The van der Waals surface area contributed by atoms with E-state index in [-0.39, 0.29) is 6.04 Å². The van der Waals surface area contributed by atoms with Gasteiger partial charge in [-0.15, -0.1) is 0 Å². The second-order valence-electron chi connectivity index (χ2n) is 6.54. The third kappa shape index (κ3) is 6.06. The molecule has 1 unspecified atom stereocenters. The Morgan fingerprint density at radius 3 is 2.61 bits per heavy atom.